The van der Waals surface area contributed by atoms with Gasteiger partial charge in [-0.25, -0.2) is 9.78 Å². The van der Waals surface area contributed by atoms with Crippen LogP contribution >= 0.6 is 23.1 Å². The predicted octanol–water partition coefficient (Wildman–Crippen LogP) is 2.49. The van der Waals surface area contributed by atoms with Crippen LogP contribution in [0, 0.1) is 0 Å². The van der Waals surface area contributed by atoms with E-state index in [0.29, 0.717) is 10.5 Å². The van der Waals surface area contributed by atoms with Crippen LogP contribution in [0.25, 0.3) is 4.96 Å². The number of aryl methyl sites for hydroxylation is 2. The van der Waals surface area contributed by atoms with Crippen molar-refractivity contribution in [2.24, 2.45) is 0 Å². The number of carboxylic acid groups (broad SMARTS) is 1. The first-order chi connectivity index (χ1) is 14.9. The minimum atomic E-state index is -1.23. The number of carbonyl (C=O) groups is 2. The fourth-order valence-corrected chi connectivity index (χ4v) is 5.57. The molecule has 3 aromatic rings. The first-order valence-electron chi connectivity index (χ1n) is 9.82. The van der Waals surface area contributed by atoms with Gasteiger partial charge in [0.25, 0.3) is 11.5 Å². The van der Waals surface area contributed by atoms with Gasteiger partial charge in [-0.3, -0.25) is 14.0 Å². The van der Waals surface area contributed by atoms with Crippen molar-refractivity contribution in [3.05, 3.63) is 56.3 Å². The average Bonchev–Trinajstić information content (AvgIpc) is 3.13. The topological polar surface area (TPSA) is 121 Å². The van der Waals surface area contributed by atoms with E-state index in [1.807, 2.05) is 0 Å². The van der Waals surface area contributed by atoms with E-state index in [4.69, 9.17) is 0 Å². The second-order valence-corrected chi connectivity index (χ2v) is 9.19. The highest BCUT2D eigenvalue weighted by Crippen LogP contribution is 2.30. The summed E-state index contributed by atoms with van der Waals surface area (Å²) in [5.41, 5.74) is 0.949. The number of carboxylic acids is 1. The molecular weight excluding hydrogens is 438 g/mol. The molecule has 0 saturated carbocycles. The van der Waals surface area contributed by atoms with Crippen LogP contribution in [0.4, 0.5) is 0 Å². The Kier molecular flexibility index (Phi) is 6.01. The van der Waals surface area contributed by atoms with E-state index in [1.165, 1.54) is 39.6 Å². The Balaban J connectivity index is 1.70. The third kappa shape index (κ3) is 4.17. The van der Waals surface area contributed by atoms with Crippen LogP contribution in [-0.2, 0) is 24.1 Å². The molecular formula is C21H21N3O5S2. The van der Waals surface area contributed by atoms with Crippen molar-refractivity contribution in [1.82, 2.24) is 14.7 Å². The van der Waals surface area contributed by atoms with Gasteiger partial charge in [0.1, 0.15) is 22.4 Å². The van der Waals surface area contributed by atoms with Crippen LogP contribution in [0.15, 0.2) is 34.1 Å². The molecule has 2 aromatic heterocycles. The van der Waals surface area contributed by atoms with Crippen molar-refractivity contribution in [2.75, 3.05) is 6.26 Å². The monoisotopic (exact) mass is 459 g/mol. The molecule has 1 atom stereocenters. The molecule has 3 N–H and O–H groups in total. The lowest BCUT2D eigenvalue weighted by atomic mass is 10.0. The summed E-state index contributed by atoms with van der Waals surface area (Å²) in [6, 6.07) is 4.84. The van der Waals surface area contributed by atoms with Gasteiger partial charge in [0, 0.05) is 17.0 Å². The van der Waals surface area contributed by atoms with Crippen LogP contribution in [0.1, 0.15) is 39.3 Å². The van der Waals surface area contributed by atoms with Crippen LogP contribution in [0.3, 0.4) is 0 Å². The standard InChI is InChI=1S/C21H21N3O5S2/c1-30-18-16(19(27)24-14-4-2-3-5-15(14)31-21(24)23-18)17(26)22-13(20(28)29)10-11-6-8-12(25)9-7-11/h6-9,13,25H,2-5,10H2,1H3,(H,22,26)(H,28,29). The number of thiazole rings is 1. The molecule has 0 radical (unpaired) electrons. The molecule has 1 aliphatic rings. The SMILES string of the molecule is CSc1nc2sc3c(n2c(=O)c1C(=O)NC(Cc1ccc(O)cc1)C(=O)O)CCCC3. The van der Waals surface area contributed by atoms with Crippen LogP contribution in [0.5, 0.6) is 5.75 Å². The minimum Gasteiger partial charge on any atom is -0.508 e. The van der Waals surface area contributed by atoms with Gasteiger partial charge in [0.15, 0.2) is 4.96 Å². The highest BCUT2D eigenvalue weighted by atomic mass is 32.2. The van der Waals surface area contributed by atoms with Gasteiger partial charge in [-0.1, -0.05) is 12.1 Å². The Bertz CT molecular complexity index is 1220. The van der Waals surface area contributed by atoms with E-state index in [1.54, 1.807) is 18.4 Å². The molecule has 0 saturated heterocycles. The van der Waals surface area contributed by atoms with E-state index < -0.39 is 23.5 Å². The number of hydrogen-bond donors (Lipinski definition) is 3. The highest BCUT2D eigenvalue weighted by molar-refractivity contribution is 7.98. The zero-order valence-electron chi connectivity index (χ0n) is 16.8. The summed E-state index contributed by atoms with van der Waals surface area (Å²) in [6.45, 7) is 0. The maximum atomic E-state index is 13.3. The molecule has 10 heteroatoms. The number of nitrogens with zero attached hydrogens (tertiary/aromatic N) is 2. The fraction of sp³-hybridized carbons (Fsp3) is 0.333. The molecule has 1 amide bonds. The van der Waals surface area contributed by atoms with Gasteiger partial charge >= 0.3 is 5.97 Å². The number of aromatic nitrogens is 2. The van der Waals surface area contributed by atoms with E-state index >= 15 is 0 Å². The molecule has 0 aliphatic heterocycles. The Morgan fingerprint density at radius 3 is 2.65 bits per heavy atom. The molecule has 1 aliphatic carbocycles. The van der Waals surface area contributed by atoms with Crippen LogP contribution in [-0.4, -0.2) is 43.8 Å². The first kappa shape index (κ1) is 21.4. The number of hydrogen-bond acceptors (Lipinski definition) is 7. The first-order valence-corrected chi connectivity index (χ1v) is 11.9. The lowest BCUT2D eigenvalue weighted by molar-refractivity contribution is -0.139. The Morgan fingerprint density at radius 1 is 1.26 bits per heavy atom. The number of fused-ring (bicyclic) bond motifs is 3. The summed E-state index contributed by atoms with van der Waals surface area (Å²) in [4.78, 5) is 44.4. The van der Waals surface area contributed by atoms with E-state index in [-0.39, 0.29) is 22.8 Å². The van der Waals surface area contributed by atoms with Crippen LogP contribution < -0.4 is 10.9 Å². The van der Waals surface area contributed by atoms with E-state index in [9.17, 15) is 24.6 Å². The van der Waals surface area contributed by atoms with Gasteiger partial charge in [-0.05, 0) is 49.6 Å². The van der Waals surface area contributed by atoms with Crippen molar-refractivity contribution in [3.63, 3.8) is 0 Å². The number of phenols is 1. The maximum Gasteiger partial charge on any atom is 0.326 e. The second kappa shape index (κ2) is 8.72. The second-order valence-electron chi connectivity index (χ2n) is 7.33. The van der Waals surface area contributed by atoms with E-state index in [2.05, 4.69) is 10.3 Å². The summed E-state index contributed by atoms with van der Waals surface area (Å²) >= 11 is 2.66. The number of thioether (sulfide) groups is 1. The average molecular weight is 460 g/mol. The van der Waals surface area contributed by atoms with Gasteiger partial charge in [-0.15, -0.1) is 23.1 Å². The van der Waals surface area contributed by atoms with Gasteiger partial charge < -0.3 is 15.5 Å². The van der Waals surface area contributed by atoms with Crippen LogP contribution in [0.2, 0.25) is 0 Å². The lowest BCUT2D eigenvalue weighted by Gasteiger charge is -2.16. The zero-order valence-corrected chi connectivity index (χ0v) is 18.4. The summed E-state index contributed by atoms with van der Waals surface area (Å²) in [6.07, 6.45) is 5.44. The normalized spacial score (nSPS) is 14.2. The van der Waals surface area contributed by atoms with Crippen molar-refractivity contribution >= 4 is 39.9 Å². The third-order valence-electron chi connectivity index (χ3n) is 5.29. The summed E-state index contributed by atoms with van der Waals surface area (Å²) < 4.78 is 1.52. The van der Waals surface area contributed by atoms with Gasteiger partial charge in [-0.2, -0.15) is 0 Å². The molecule has 31 heavy (non-hydrogen) atoms. The lowest BCUT2D eigenvalue weighted by Crippen LogP contribution is -2.44. The number of aliphatic carboxylic acids is 1. The molecule has 162 valence electrons. The quantitative estimate of drug-likeness (QED) is 0.382. The molecule has 0 bridgehead atoms. The fourth-order valence-electron chi connectivity index (χ4n) is 3.75. The van der Waals surface area contributed by atoms with Gasteiger partial charge in [0.2, 0.25) is 0 Å². The number of phenolic OH excluding ortho intramolecular Hbond substituents is 1. The number of benzene rings is 1. The third-order valence-corrected chi connectivity index (χ3v) is 7.12. The Hall–Kier alpha value is -2.85. The molecule has 8 nitrogen and oxygen atoms in total. The number of amides is 1. The molecule has 1 unspecified atom stereocenters. The Morgan fingerprint density at radius 2 is 1.97 bits per heavy atom. The van der Waals surface area contributed by atoms with Gasteiger partial charge in [0.05, 0.1) is 0 Å². The minimum absolute atomic E-state index is 0.0147. The smallest absolute Gasteiger partial charge is 0.326 e. The van der Waals surface area contributed by atoms with E-state index in [0.717, 1.165) is 36.3 Å². The predicted molar refractivity (Wildman–Crippen MR) is 118 cm³/mol. The number of rotatable bonds is 6. The molecule has 0 spiro atoms. The summed E-state index contributed by atoms with van der Waals surface area (Å²) in [5, 5.41) is 21.8. The maximum absolute atomic E-state index is 13.3. The van der Waals surface area contributed by atoms with Crippen molar-refractivity contribution in [2.45, 2.75) is 43.2 Å². The van der Waals surface area contributed by atoms with Crippen molar-refractivity contribution in [1.29, 1.82) is 0 Å². The number of carbonyl (C=O) groups excluding carboxylic acids is 1. The summed E-state index contributed by atoms with van der Waals surface area (Å²) in [5.74, 6) is -1.90. The van der Waals surface area contributed by atoms with Crippen molar-refractivity contribution in [3.8, 4) is 5.75 Å². The highest BCUT2D eigenvalue weighted by Gasteiger charge is 2.28. The Labute approximate surface area is 186 Å². The summed E-state index contributed by atoms with van der Waals surface area (Å²) in [7, 11) is 0. The van der Waals surface area contributed by atoms with Crippen molar-refractivity contribution < 1.29 is 19.8 Å². The molecule has 0 fully saturated rings. The number of aromatic hydroxyl groups is 1. The number of nitrogens with one attached hydrogen (secondary N) is 1. The largest absolute Gasteiger partial charge is 0.508 e. The molecule has 4 rings (SSSR count). The molecule has 2 heterocycles. The zero-order chi connectivity index (χ0) is 22.1. The molecule has 1 aromatic carbocycles.